The van der Waals surface area contributed by atoms with Crippen molar-refractivity contribution in [3.63, 3.8) is 0 Å². The van der Waals surface area contributed by atoms with Gasteiger partial charge in [-0.05, 0) is 30.3 Å². The number of methoxy groups -OCH3 is 1. The van der Waals surface area contributed by atoms with Gasteiger partial charge in [-0.3, -0.25) is 9.59 Å². The molecule has 0 aliphatic rings. The molecule has 0 radical (unpaired) electrons. The molecule has 7 heteroatoms. The summed E-state index contributed by atoms with van der Waals surface area (Å²) in [4.78, 5) is 25.6. The summed E-state index contributed by atoms with van der Waals surface area (Å²) in [5.74, 6) is 0.227. The summed E-state index contributed by atoms with van der Waals surface area (Å²) in [6.45, 7) is 1.69. The molecule has 0 aliphatic carbocycles. The van der Waals surface area contributed by atoms with Gasteiger partial charge in [-0.25, -0.2) is 0 Å². The quantitative estimate of drug-likeness (QED) is 0.808. The molecule has 2 amide bonds. The van der Waals surface area contributed by atoms with E-state index >= 15 is 0 Å². The largest absolute Gasteiger partial charge is 0.497 e. The Hall–Kier alpha value is -2.24. The van der Waals surface area contributed by atoms with Gasteiger partial charge in [0.2, 0.25) is 11.8 Å². The van der Waals surface area contributed by atoms with E-state index in [1.807, 2.05) is 0 Å². The summed E-state index contributed by atoms with van der Waals surface area (Å²) in [6, 6.07) is 11.9. The number of nitrogens with one attached hydrogen (secondary N) is 1. The Labute approximate surface area is 156 Å². The summed E-state index contributed by atoms with van der Waals surface area (Å²) in [5.41, 5.74) is 1.15. The number of carbonyl (C=O) groups is 2. The predicted octanol–water partition coefficient (Wildman–Crippen LogP) is 4.38. The summed E-state index contributed by atoms with van der Waals surface area (Å²) in [6.07, 6.45) is 0.121. The van der Waals surface area contributed by atoms with Gasteiger partial charge in [0.1, 0.15) is 5.75 Å². The van der Waals surface area contributed by atoms with Crippen LogP contribution in [0.15, 0.2) is 42.5 Å². The molecule has 0 fully saturated rings. The van der Waals surface area contributed by atoms with Gasteiger partial charge in [-0.1, -0.05) is 29.3 Å². The lowest BCUT2D eigenvalue weighted by molar-refractivity contribution is -0.117. The van der Waals surface area contributed by atoms with E-state index < -0.39 is 0 Å². The third kappa shape index (κ3) is 5.37. The van der Waals surface area contributed by atoms with Crippen LogP contribution in [0.4, 0.5) is 11.4 Å². The number of nitrogens with zero attached hydrogens (tertiary/aromatic N) is 1. The van der Waals surface area contributed by atoms with E-state index in [-0.39, 0.29) is 24.8 Å². The summed E-state index contributed by atoms with van der Waals surface area (Å²) >= 11 is 11.9. The van der Waals surface area contributed by atoms with Gasteiger partial charge < -0.3 is 15.0 Å². The number of carbonyl (C=O) groups excluding carboxylic acids is 2. The van der Waals surface area contributed by atoms with E-state index in [9.17, 15) is 9.59 Å². The number of amides is 2. The van der Waals surface area contributed by atoms with Gasteiger partial charge in [0.15, 0.2) is 0 Å². The highest BCUT2D eigenvalue weighted by Crippen LogP contribution is 2.26. The molecule has 2 rings (SSSR count). The minimum atomic E-state index is -0.252. The molecule has 0 atom stereocenters. The molecule has 0 saturated carbocycles. The maximum absolute atomic E-state index is 12.2. The first-order valence-electron chi connectivity index (χ1n) is 7.57. The zero-order valence-electron chi connectivity index (χ0n) is 13.9. The molecule has 132 valence electrons. The zero-order chi connectivity index (χ0) is 18.4. The Bertz CT molecular complexity index is 781. The second kappa shape index (κ2) is 8.74. The van der Waals surface area contributed by atoms with Crippen molar-refractivity contribution in [1.29, 1.82) is 0 Å². The van der Waals surface area contributed by atoms with Crippen LogP contribution in [0, 0.1) is 0 Å². The van der Waals surface area contributed by atoms with Crippen molar-refractivity contribution < 1.29 is 14.3 Å². The fourth-order valence-corrected chi connectivity index (χ4v) is 2.72. The molecule has 0 saturated heterocycles. The lowest BCUT2D eigenvalue weighted by Crippen LogP contribution is -2.32. The predicted molar refractivity (Wildman–Crippen MR) is 101 cm³/mol. The maximum atomic E-state index is 12.2. The summed E-state index contributed by atoms with van der Waals surface area (Å²) in [7, 11) is 1.56. The van der Waals surface area contributed by atoms with Crippen molar-refractivity contribution in [3.8, 4) is 5.75 Å². The summed E-state index contributed by atoms with van der Waals surface area (Å²) < 4.78 is 5.17. The summed E-state index contributed by atoms with van der Waals surface area (Å²) in [5, 5.41) is 3.56. The van der Waals surface area contributed by atoms with Crippen molar-refractivity contribution in [2.75, 3.05) is 23.9 Å². The van der Waals surface area contributed by atoms with Gasteiger partial charge in [0.25, 0.3) is 0 Å². The zero-order valence-corrected chi connectivity index (χ0v) is 15.4. The molecular weight excluding hydrogens is 363 g/mol. The third-order valence-electron chi connectivity index (χ3n) is 3.51. The lowest BCUT2D eigenvalue weighted by atomic mass is 10.2. The van der Waals surface area contributed by atoms with Crippen molar-refractivity contribution in [2.45, 2.75) is 13.3 Å². The molecule has 2 aromatic carbocycles. The standard InChI is InChI=1S/C18H18Cl2N2O3/c1-12(23)22(14-4-3-5-15(11-14)25-2)9-8-18(24)21-17-7-6-13(19)10-16(17)20/h3-7,10-11H,8-9H2,1-2H3,(H,21,24). The second-order valence-electron chi connectivity index (χ2n) is 5.29. The molecule has 25 heavy (non-hydrogen) atoms. The minimum Gasteiger partial charge on any atom is -0.497 e. The van der Waals surface area contributed by atoms with Crippen LogP contribution >= 0.6 is 23.2 Å². The lowest BCUT2D eigenvalue weighted by Gasteiger charge is -2.21. The highest BCUT2D eigenvalue weighted by Gasteiger charge is 2.15. The fourth-order valence-electron chi connectivity index (χ4n) is 2.26. The molecule has 5 nitrogen and oxygen atoms in total. The fraction of sp³-hybridized carbons (Fsp3) is 0.222. The van der Waals surface area contributed by atoms with E-state index in [1.54, 1.807) is 49.6 Å². The van der Waals surface area contributed by atoms with Crippen molar-refractivity contribution in [2.24, 2.45) is 0 Å². The van der Waals surface area contributed by atoms with E-state index in [2.05, 4.69) is 5.32 Å². The monoisotopic (exact) mass is 380 g/mol. The minimum absolute atomic E-state index is 0.121. The van der Waals surface area contributed by atoms with Gasteiger partial charge in [0, 0.05) is 36.7 Å². The SMILES string of the molecule is COc1cccc(N(CCC(=O)Nc2ccc(Cl)cc2Cl)C(C)=O)c1. The van der Waals surface area contributed by atoms with E-state index in [1.165, 1.54) is 11.8 Å². The first kappa shape index (κ1) is 19.1. The van der Waals surface area contributed by atoms with Crippen LogP contribution in [0.5, 0.6) is 5.75 Å². The van der Waals surface area contributed by atoms with Crippen LogP contribution < -0.4 is 15.0 Å². The van der Waals surface area contributed by atoms with Crippen LogP contribution in [0.1, 0.15) is 13.3 Å². The van der Waals surface area contributed by atoms with Crippen LogP contribution in [0.2, 0.25) is 10.0 Å². The van der Waals surface area contributed by atoms with E-state index in [0.29, 0.717) is 27.2 Å². The topological polar surface area (TPSA) is 58.6 Å². The van der Waals surface area contributed by atoms with Gasteiger partial charge in [-0.2, -0.15) is 0 Å². The van der Waals surface area contributed by atoms with Crippen LogP contribution in [0.25, 0.3) is 0 Å². The van der Waals surface area contributed by atoms with Crippen LogP contribution in [-0.2, 0) is 9.59 Å². The number of hydrogen-bond donors (Lipinski definition) is 1. The smallest absolute Gasteiger partial charge is 0.226 e. The van der Waals surface area contributed by atoms with Crippen LogP contribution in [-0.4, -0.2) is 25.5 Å². The van der Waals surface area contributed by atoms with Gasteiger partial charge in [0.05, 0.1) is 17.8 Å². The molecular formula is C18H18Cl2N2O3. The van der Waals surface area contributed by atoms with Gasteiger partial charge in [-0.15, -0.1) is 0 Å². The van der Waals surface area contributed by atoms with Gasteiger partial charge >= 0.3 is 0 Å². The second-order valence-corrected chi connectivity index (χ2v) is 6.14. The molecule has 0 aliphatic heterocycles. The average molecular weight is 381 g/mol. The first-order chi connectivity index (χ1) is 11.9. The van der Waals surface area contributed by atoms with Crippen molar-refractivity contribution >= 4 is 46.4 Å². The highest BCUT2D eigenvalue weighted by atomic mass is 35.5. The normalized spacial score (nSPS) is 10.2. The Morgan fingerprint density at radius 3 is 2.56 bits per heavy atom. The molecule has 0 heterocycles. The Morgan fingerprint density at radius 1 is 1.16 bits per heavy atom. The third-order valence-corrected chi connectivity index (χ3v) is 4.06. The number of anilines is 2. The number of rotatable bonds is 6. The number of benzene rings is 2. The molecule has 0 aromatic heterocycles. The van der Waals surface area contributed by atoms with E-state index in [0.717, 1.165) is 0 Å². The van der Waals surface area contributed by atoms with Crippen molar-refractivity contribution in [3.05, 3.63) is 52.5 Å². The Balaban J connectivity index is 2.03. The van der Waals surface area contributed by atoms with E-state index in [4.69, 9.17) is 27.9 Å². The number of hydrogen-bond acceptors (Lipinski definition) is 3. The highest BCUT2D eigenvalue weighted by molar-refractivity contribution is 6.36. The molecule has 0 bridgehead atoms. The Kier molecular flexibility index (Phi) is 6.67. The van der Waals surface area contributed by atoms with Crippen molar-refractivity contribution in [1.82, 2.24) is 0 Å². The number of halogens is 2. The molecule has 1 N–H and O–H groups in total. The molecule has 2 aromatic rings. The maximum Gasteiger partial charge on any atom is 0.226 e. The molecule has 0 unspecified atom stereocenters. The molecule has 0 spiro atoms. The number of ether oxygens (including phenoxy) is 1. The average Bonchev–Trinajstić information content (AvgIpc) is 2.57. The van der Waals surface area contributed by atoms with Crippen LogP contribution in [0.3, 0.4) is 0 Å². The first-order valence-corrected chi connectivity index (χ1v) is 8.33. The Morgan fingerprint density at radius 2 is 1.92 bits per heavy atom.